The molecule has 0 fully saturated rings. The van der Waals surface area contributed by atoms with Crippen molar-refractivity contribution < 1.29 is 13.9 Å². The molecule has 0 aliphatic rings. The van der Waals surface area contributed by atoms with Gasteiger partial charge in [0.25, 0.3) is 0 Å². The summed E-state index contributed by atoms with van der Waals surface area (Å²) < 4.78 is 19.3. The molecule has 0 radical (unpaired) electrons. The molecule has 5 nitrogen and oxygen atoms in total. The lowest BCUT2D eigenvalue weighted by molar-refractivity contribution is 0.261. The summed E-state index contributed by atoms with van der Waals surface area (Å²) in [5.74, 6) is 0.199. The molecule has 0 saturated heterocycles. The number of anilines is 2. The van der Waals surface area contributed by atoms with Crippen LogP contribution in [-0.4, -0.2) is 11.0 Å². The van der Waals surface area contributed by atoms with Crippen molar-refractivity contribution in [3.05, 3.63) is 83.3 Å². The fraction of sp³-hybridized carbons (Fsp3) is 0.0526. The van der Waals surface area contributed by atoms with Gasteiger partial charge < -0.3 is 10.1 Å². The van der Waals surface area contributed by atoms with Crippen LogP contribution < -0.4 is 15.4 Å². The van der Waals surface area contributed by atoms with Gasteiger partial charge in [-0.1, -0.05) is 35.9 Å². The Morgan fingerprint density at radius 3 is 2.73 bits per heavy atom. The summed E-state index contributed by atoms with van der Waals surface area (Å²) >= 11 is 5.89. The predicted molar refractivity (Wildman–Crippen MR) is 99.1 cm³/mol. The largest absolute Gasteiger partial charge is 0.485 e. The Labute approximate surface area is 154 Å². The summed E-state index contributed by atoms with van der Waals surface area (Å²) in [6.45, 7) is 0.0168. The first-order chi connectivity index (χ1) is 12.6. The van der Waals surface area contributed by atoms with E-state index in [2.05, 4.69) is 15.6 Å². The van der Waals surface area contributed by atoms with Gasteiger partial charge in [0.15, 0.2) is 11.6 Å². The Hall–Kier alpha value is -3.12. The highest BCUT2D eigenvalue weighted by atomic mass is 35.5. The smallest absolute Gasteiger partial charge is 0.324 e. The molecule has 2 amide bonds. The van der Waals surface area contributed by atoms with Gasteiger partial charge in [0.2, 0.25) is 0 Å². The van der Waals surface area contributed by atoms with Crippen molar-refractivity contribution in [2.45, 2.75) is 6.61 Å². The van der Waals surface area contributed by atoms with E-state index in [1.807, 2.05) is 0 Å². The number of carbonyl (C=O) groups excluding carboxylic acids is 1. The Morgan fingerprint density at radius 2 is 1.92 bits per heavy atom. The molecule has 0 spiro atoms. The van der Waals surface area contributed by atoms with Crippen molar-refractivity contribution in [2.24, 2.45) is 0 Å². The number of rotatable bonds is 5. The van der Waals surface area contributed by atoms with Gasteiger partial charge in [0, 0.05) is 22.5 Å². The molecule has 0 saturated carbocycles. The molecule has 2 N–H and O–H groups in total. The molecule has 0 aliphatic carbocycles. The van der Waals surface area contributed by atoms with Crippen LogP contribution in [0.4, 0.5) is 20.7 Å². The summed E-state index contributed by atoms with van der Waals surface area (Å²) in [5.41, 5.74) is 0.949. The average Bonchev–Trinajstić information content (AvgIpc) is 2.62. The van der Waals surface area contributed by atoms with Gasteiger partial charge in [-0.05, 0) is 36.4 Å². The highest BCUT2D eigenvalue weighted by Gasteiger charge is 2.10. The number of carbonyl (C=O) groups is 1. The maximum Gasteiger partial charge on any atom is 0.324 e. The van der Waals surface area contributed by atoms with Gasteiger partial charge in [-0.2, -0.15) is 0 Å². The SMILES string of the molecule is O=C(Nc1cccc(Cl)c1)Nc1ncccc1OCc1ccccc1F. The van der Waals surface area contributed by atoms with Crippen LogP contribution >= 0.6 is 11.6 Å². The van der Waals surface area contributed by atoms with Crippen LogP contribution in [0.2, 0.25) is 5.02 Å². The van der Waals surface area contributed by atoms with Crippen LogP contribution in [0.25, 0.3) is 0 Å². The van der Waals surface area contributed by atoms with Crippen LogP contribution in [-0.2, 0) is 6.61 Å². The number of nitrogens with one attached hydrogen (secondary N) is 2. The summed E-state index contributed by atoms with van der Waals surface area (Å²) in [5, 5.41) is 5.77. The summed E-state index contributed by atoms with van der Waals surface area (Å²) in [6, 6.07) is 15.9. The van der Waals surface area contributed by atoms with Crippen LogP contribution in [0.5, 0.6) is 5.75 Å². The van der Waals surface area contributed by atoms with E-state index in [9.17, 15) is 9.18 Å². The minimum atomic E-state index is -0.498. The van der Waals surface area contributed by atoms with E-state index in [4.69, 9.17) is 16.3 Å². The van der Waals surface area contributed by atoms with Crippen molar-refractivity contribution >= 4 is 29.1 Å². The van der Waals surface area contributed by atoms with Crippen LogP contribution in [0.15, 0.2) is 66.9 Å². The lowest BCUT2D eigenvalue weighted by atomic mass is 10.2. The van der Waals surface area contributed by atoms with Crippen LogP contribution in [0.1, 0.15) is 5.56 Å². The fourth-order valence-electron chi connectivity index (χ4n) is 2.21. The predicted octanol–water partition coefficient (Wildman–Crippen LogP) is 5.10. The van der Waals surface area contributed by atoms with Crippen LogP contribution in [0.3, 0.4) is 0 Å². The zero-order valence-electron chi connectivity index (χ0n) is 13.6. The number of urea groups is 1. The Kier molecular flexibility index (Phi) is 5.66. The number of nitrogens with zero attached hydrogens (tertiary/aromatic N) is 1. The first kappa shape index (κ1) is 17.7. The molecule has 0 bridgehead atoms. The highest BCUT2D eigenvalue weighted by molar-refractivity contribution is 6.30. The third-order valence-corrected chi connectivity index (χ3v) is 3.66. The molecule has 3 aromatic rings. The fourth-order valence-corrected chi connectivity index (χ4v) is 2.40. The number of aromatic nitrogens is 1. The van der Waals surface area contributed by atoms with Crippen molar-refractivity contribution in [3.63, 3.8) is 0 Å². The van der Waals surface area contributed by atoms with Gasteiger partial charge >= 0.3 is 6.03 Å². The zero-order valence-corrected chi connectivity index (χ0v) is 14.3. The third kappa shape index (κ3) is 4.70. The van der Waals surface area contributed by atoms with Gasteiger partial charge in [-0.3, -0.25) is 5.32 Å². The van der Waals surface area contributed by atoms with E-state index < -0.39 is 6.03 Å². The molecule has 7 heteroatoms. The summed E-state index contributed by atoms with van der Waals surface area (Å²) in [6.07, 6.45) is 1.52. The second-order valence-electron chi connectivity index (χ2n) is 5.32. The van der Waals surface area contributed by atoms with E-state index in [-0.39, 0.29) is 18.2 Å². The minimum Gasteiger partial charge on any atom is -0.485 e. The average molecular weight is 372 g/mol. The molecule has 26 heavy (non-hydrogen) atoms. The number of halogens is 2. The van der Waals surface area contributed by atoms with Crippen molar-refractivity contribution in [3.8, 4) is 5.75 Å². The maximum atomic E-state index is 13.7. The molecule has 3 rings (SSSR count). The number of hydrogen-bond acceptors (Lipinski definition) is 3. The minimum absolute atomic E-state index is 0.0168. The van der Waals surface area contributed by atoms with Gasteiger partial charge in [0.05, 0.1) is 0 Å². The van der Waals surface area contributed by atoms with Gasteiger partial charge in [-0.15, -0.1) is 0 Å². The monoisotopic (exact) mass is 371 g/mol. The van der Waals surface area contributed by atoms with E-state index in [1.54, 1.807) is 54.6 Å². The molecule has 0 atom stereocenters. The van der Waals surface area contributed by atoms with Crippen molar-refractivity contribution in [2.75, 3.05) is 10.6 Å². The van der Waals surface area contributed by atoms with Crippen molar-refractivity contribution in [1.29, 1.82) is 0 Å². The Bertz CT molecular complexity index is 921. The number of ether oxygens (including phenoxy) is 1. The third-order valence-electron chi connectivity index (χ3n) is 3.43. The quantitative estimate of drug-likeness (QED) is 0.656. The van der Waals surface area contributed by atoms with E-state index in [0.29, 0.717) is 22.0 Å². The number of amides is 2. The number of hydrogen-bond donors (Lipinski definition) is 2. The van der Waals surface area contributed by atoms with E-state index in [0.717, 1.165) is 0 Å². The first-order valence-corrected chi connectivity index (χ1v) is 8.14. The second kappa shape index (κ2) is 8.31. The maximum absolute atomic E-state index is 13.7. The zero-order chi connectivity index (χ0) is 18.4. The number of pyridine rings is 1. The molecule has 132 valence electrons. The molecular formula is C19H15ClFN3O2. The van der Waals surface area contributed by atoms with Crippen LogP contribution in [0, 0.1) is 5.82 Å². The topological polar surface area (TPSA) is 63.2 Å². The first-order valence-electron chi connectivity index (χ1n) is 7.76. The second-order valence-corrected chi connectivity index (χ2v) is 5.76. The molecule has 1 heterocycles. The Balaban J connectivity index is 1.67. The van der Waals surface area contributed by atoms with Crippen molar-refractivity contribution in [1.82, 2.24) is 4.98 Å². The van der Waals surface area contributed by atoms with Gasteiger partial charge in [-0.25, -0.2) is 14.2 Å². The van der Waals surface area contributed by atoms with Gasteiger partial charge in [0.1, 0.15) is 12.4 Å². The molecule has 0 unspecified atom stereocenters. The number of benzene rings is 2. The summed E-state index contributed by atoms with van der Waals surface area (Å²) in [4.78, 5) is 16.2. The lowest BCUT2D eigenvalue weighted by Gasteiger charge is -2.12. The molecule has 1 aromatic heterocycles. The molecular weight excluding hydrogens is 357 g/mol. The van der Waals surface area contributed by atoms with E-state index in [1.165, 1.54) is 12.3 Å². The lowest BCUT2D eigenvalue weighted by Crippen LogP contribution is -2.20. The molecule has 0 aliphatic heterocycles. The highest BCUT2D eigenvalue weighted by Crippen LogP contribution is 2.23. The van der Waals surface area contributed by atoms with E-state index >= 15 is 0 Å². The normalized spacial score (nSPS) is 10.2. The molecule has 2 aromatic carbocycles. The Morgan fingerprint density at radius 1 is 1.08 bits per heavy atom. The summed E-state index contributed by atoms with van der Waals surface area (Å²) in [7, 11) is 0. The standard InChI is InChI=1S/C19H15ClFN3O2/c20-14-6-3-7-15(11-14)23-19(25)24-18-17(9-4-10-22-18)26-12-13-5-1-2-8-16(13)21/h1-11H,12H2,(H2,22,23,24,25).